The number of benzene rings is 1. The molecule has 2 rings (SSSR count). The first-order valence-electron chi connectivity index (χ1n) is 7.55. The van der Waals surface area contributed by atoms with Crippen LogP contribution in [0.3, 0.4) is 0 Å². The maximum Gasteiger partial charge on any atom is 0.331 e. The molecule has 6 nitrogen and oxygen atoms in total. The molecule has 0 spiro atoms. The van der Waals surface area contributed by atoms with E-state index in [2.05, 4.69) is 5.32 Å². The van der Waals surface area contributed by atoms with Crippen molar-refractivity contribution in [3.63, 3.8) is 0 Å². The summed E-state index contributed by atoms with van der Waals surface area (Å²) in [5.74, 6) is -0.256. The third kappa shape index (κ3) is 5.75. The van der Waals surface area contributed by atoms with E-state index in [0.717, 1.165) is 25.0 Å². The average molecular weight is 319 g/mol. The third-order valence-corrected chi connectivity index (χ3v) is 3.43. The highest BCUT2D eigenvalue weighted by Gasteiger charge is 2.16. The minimum atomic E-state index is -0.580. The smallest absolute Gasteiger partial charge is 0.331 e. The van der Waals surface area contributed by atoms with E-state index in [-0.39, 0.29) is 18.6 Å². The van der Waals surface area contributed by atoms with Gasteiger partial charge in [-0.25, -0.2) is 4.79 Å². The van der Waals surface area contributed by atoms with E-state index in [1.165, 1.54) is 6.08 Å². The van der Waals surface area contributed by atoms with Gasteiger partial charge in [0, 0.05) is 24.8 Å². The normalized spacial score (nSPS) is 17.2. The number of hydrogen-bond acceptors (Lipinski definition) is 5. The molecule has 1 aliphatic rings. The van der Waals surface area contributed by atoms with Gasteiger partial charge in [0.1, 0.15) is 5.75 Å². The molecule has 0 bridgehead atoms. The number of rotatable bonds is 7. The number of nitrogens with one attached hydrogen (secondary N) is 1. The fourth-order valence-electron chi connectivity index (χ4n) is 2.23. The Morgan fingerprint density at radius 1 is 1.39 bits per heavy atom. The summed E-state index contributed by atoms with van der Waals surface area (Å²) < 4.78 is 15.5. The summed E-state index contributed by atoms with van der Waals surface area (Å²) in [5.41, 5.74) is 0.759. The standard InChI is InChI=1S/C17H21NO5/c1-21-15-7-3-2-5-13(15)8-9-17(20)23-12-16(19)18-11-14-6-4-10-22-14/h2-3,5,7-9,14H,4,6,10-12H2,1H3,(H,18,19)/b9-8+/t14-/m1/s1. The molecule has 0 aliphatic carbocycles. The van der Waals surface area contributed by atoms with Gasteiger partial charge in [-0.1, -0.05) is 18.2 Å². The first-order chi connectivity index (χ1) is 11.2. The van der Waals surface area contributed by atoms with Gasteiger partial charge in [-0.3, -0.25) is 4.79 Å². The Bertz CT molecular complexity index is 564. The lowest BCUT2D eigenvalue weighted by molar-refractivity contribution is -0.143. The van der Waals surface area contributed by atoms with Gasteiger partial charge < -0.3 is 19.5 Å². The lowest BCUT2D eigenvalue weighted by atomic mass is 10.2. The number of carbonyl (C=O) groups excluding carboxylic acids is 2. The second-order valence-corrected chi connectivity index (χ2v) is 5.12. The summed E-state index contributed by atoms with van der Waals surface area (Å²) in [4.78, 5) is 23.2. The maximum absolute atomic E-state index is 11.6. The van der Waals surface area contributed by atoms with Gasteiger partial charge >= 0.3 is 5.97 Å². The van der Waals surface area contributed by atoms with Crippen LogP contribution >= 0.6 is 0 Å². The zero-order valence-corrected chi connectivity index (χ0v) is 13.1. The van der Waals surface area contributed by atoms with Crippen LogP contribution in [0.25, 0.3) is 6.08 Å². The summed E-state index contributed by atoms with van der Waals surface area (Å²) in [6, 6.07) is 7.29. The molecular weight excluding hydrogens is 298 g/mol. The number of para-hydroxylation sites is 1. The largest absolute Gasteiger partial charge is 0.496 e. The summed E-state index contributed by atoms with van der Waals surface area (Å²) in [6.07, 6.45) is 4.89. The van der Waals surface area contributed by atoms with Gasteiger partial charge in [-0.15, -0.1) is 0 Å². The molecule has 124 valence electrons. The number of amides is 1. The van der Waals surface area contributed by atoms with E-state index >= 15 is 0 Å². The molecule has 1 heterocycles. The Morgan fingerprint density at radius 2 is 2.22 bits per heavy atom. The van der Waals surface area contributed by atoms with Gasteiger partial charge in [0.2, 0.25) is 0 Å². The molecule has 0 saturated carbocycles. The fourth-order valence-corrected chi connectivity index (χ4v) is 2.23. The Hall–Kier alpha value is -2.34. The van der Waals surface area contributed by atoms with Gasteiger partial charge in [0.15, 0.2) is 6.61 Å². The number of carbonyl (C=O) groups is 2. The molecule has 1 amide bonds. The molecule has 0 aromatic heterocycles. The molecule has 1 aromatic rings. The highest BCUT2D eigenvalue weighted by atomic mass is 16.5. The lowest BCUT2D eigenvalue weighted by Gasteiger charge is -2.10. The van der Waals surface area contributed by atoms with E-state index in [0.29, 0.717) is 12.3 Å². The van der Waals surface area contributed by atoms with Crippen molar-refractivity contribution in [2.75, 3.05) is 26.9 Å². The minimum absolute atomic E-state index is 0.0695. The Labute approximate surface area is 135 Å². The van der Waals surface area contributed by atoms with Crippen LogP contribution in [0.2, 0.25) is 0 Å². The molecule has 1 aliphatic heterocycles. The Morgan fingerprint density at radius 3 is 2.96 bits per heavy atom. The monoisotopic (exact) mass is 319 g/mol. The van der Waals surface area contributed by atoms with E-state index in [1.54, 1.807) is 19.3 Å². The van der Waals surface area contributed by atoms with Crippen LogP contribution in [0.1, 0.15) is 18.4 Å². The molecule has 1 aromatic carbocycles. The number of esters is 1. The van der Waals surface area contributed by atoms with Crippen molar-refractivity contribution in [2.24, 2.45) is 0 Å². The van der Waals surface area contributed by atoms with Crippen molar-refractivity contribution in [3.8, 4) is 5.75 Å². The molecule has 1 atom stereocenters. The van der Waals surface area contributed by atoms with Gasteiger partial charge in [-0.05, 0) is 25.0 Å². The molecule has 6 heteroatoms. The lowest BCUT2D eigenvalue weighted by Crippen LogP contribution is -2.34. The van der Waals surface area contributed by atoms with Crippen molar-refractivity contribution in [1.82, 2.24) is 5.32 Å². The number of hydrogen-bond donors (Lipinski definition) is 1. The highest BCUT2D eigenvalue weighted by Crippen LogP contribution is 2.18. The zero-order chi connectivity index (χ0) is 16.5. The molecule has 0 radical (unpaired) electrons. The predicted octanol–water partition coefficient (Wildman–Crippen LogP) is 1.55. The van der Waals surface area contributed by atoms with Crippen LogP contribution in [0.4, 0.5) is 0 Å². The third-order valence-electron chi connectivity index (χ3n) is 3.43. The van der Waals surface area contributed by atoms with Gasteiger partial charge in [0.05, 0.1) is 13.2 Å². The van der Waals surface area contributed by atoms with Gasteiger partial charge in [-0.2, -0.15) is 0 Å². The second-order valence-electron chi connectivity index (χ2n) is 5.12. The minimum Gasteiger partial charge on any atom is -0.496 e. The van der Waals surface area contributed by atoms with Crippen LogP contribution in [0.5, 0.6) is 5.75 Å². The first kappa shape index (κ1) is 17.0. The quantitative estimate of drug-likeness (QED) is 0.610. The summed E-state index contributed by atoms with van der Waals surface area (Å²) in [7, 11) is 1.56. The predicted molar refractivity (Wildman–Crippen MR) is 85.0 cm³/mol. The zero-order valence-electron chi connectivity index (χ0n) is 13.1. The fraction of sp³-hybridized carbons (Fsp3) is 0.412. The van der Waals surface area contributed by atoms with Gasteiger partial charge in [0.25, 0.3) is 5.91 Å². The van der Waals surface area contributed by atoms with Crippen molar-refractivity contribution >= 4 is 18.0 Å². The molecule has 0 unspecified atom stereocenters. The topological polar surface area (TPSA) is 73.9 Å². The summed E-state index contributed by atoms with van der Waals surface area (Å²) >= 11 is 0. The molecule has 1 saturated heterocycles. The maximum atomic E-state index is 11.6. The second kappa shape index (κ2) is 8.95. The van der Waals surface area contributed by atoms with Crippen molar-refractivity contribution in [2.45, 2.75) is 18.9 Å². The van der Waals surface area contributed by atoms with Crippen LogP contribution in [-0.4, -0.2) is 44.8 Å². The molecular formula is C17H21NO5. The van der Waals surface area contributed by atoms with E-state index in [9.17, 15) is 9.59 Å². The highest BCUT2D eigenvalue weighted by molar-refractivity contribution is 5.89. The average Bonchev–Trinajstić information content (AvgIpc) is 3.10. The van der Waals surface area contributed by atoms with Crippen molar-refractivity contribution < 1.29 is 23.8 Å². The van der Waals surface area contributed by atoms with Crippen LogP contribution in [0.15, 0.2) is 30.3 Å². The number of ether oxygens (including phenoxy) is 3. The first-order valence-corrected chi connectivity index (χ1v) is 7.55. The van der Waals surface area contributed by atoms with Crippen LogP contribution in [-0.2, 0) is 19.1 Å². The van der Waals surface area contributed by atoms with E-state index in [1.807, 2.05) is 18.2 Å². The molecule has 1 N–H and O–H groups in total. The summed E-state index contributed by atoms with van der Waals surface area (Å²) in [6.45, 7) is 0.887. The van der Waals surface area contributed by atoms with E-state index in [4.69, 9.17) is 14.2 Å². The van der Waals surface area contributed by atoms with Crippen LogP contribution < -0.4 is 10.1 Å². The van der Waals surface area contributed by atoms with Crippen molar-refractivity contribution in [1.29, 1.82) is 0 Å². The Balaban J connectivity index is 1.71. The van der Waals surface area contributed by atoms with E-state index < -0.39 is 5.97 Å². The Kier molecular flexibility index (Phi) is 6.62. The summed E-state index contributed by atoms with van der Waals surface area (Å²) in [5, 5.41) is 2.69. The SMILES string of the molecule is COc1ccccc1/C=C/C(=O)OCC(=O)NC[C@H]1CCCO1. The molecule has 1 fully saturated rings. The number of methoxy groups -OCH3 is 1. The van der Waals surface area contributed by atoms with Crippen molar-refractivity contribution in [3.05, 3.63) is 35.9 Å². The molecule has 23 heavy (non-hydrogen) atoms. The van der Waals surface area contributed by atoms with Crippen LogP contribution in [0, 0.1) is 0 Å².